The maximum Gasteiger partial charge on any atom is 0.271 e. The summed E-state index contributed by atoms with van der Waals surface area (Å²) >= 11 is 0. The summed E-state index contributed by atoms with van der Waals surface area (Å²) in [5.41, 5.74) is 1.70. The van der Waals surface area contributed by atoms with Crippen molar-refractivity contribution in [2.75, 3.05) is 20.6 Å². The molecule has 0 saturated carbocycles. The summed E-state index contributed by atoms with van der Waals surface area (Å²) < 4.78 is 19.0. The molecule has 0 spiro atoms. The van der Waals surface area contributed by atoms with Crippen molar-refractivity contribution in [3.8, 4) is 11.5 Å². The molecule has 1 amide bonds. The van der Waals surface area contributed by atoms with E-state index in [0.717, 1.165) is 11.3 Å². The number of benzene rings is 1. The van der Waals surface area contributed by atoms with Gasteiger partial charge in [0.2, 0.25) is 0 Å². The summed E-state index contributed by atoms with van der Waals surface area (Å²) in [7, 11) is 3.77. The average molecular weight is 356 g/mol. The number of hydrogen-bond acceptors (Lipinski definition) is 4. The summed E-state index contributed by atoms with van der Waals surface area (Å²) in [6.45, 7) is 2.18. The molecule has 0 bridgehead atoms. The third kappa shape index (κ3) is 4.00. The molecule has 1 aromatic carbocycles. The van der Waals surface area contributed by atoms with Crippen LogP contribution >= 0.6 is 0 Å². The SMILES string of the molecule is Cc1ccc(-c2cc(C(=O)NCC(c3cccc(F)c3)N(C)C)n[nH]2)o1. The van der Waals surface area contributed by atoms with Crippen molar-refractivity contribution in [3.05, 3.63) is 65.3 Å². The van der Waals surface area contributed by atoms with Crippen molar-refractivity contribution >= 4 is 5.91 Å². The fourth-order valence-electron chi connectivity index (χ4n) is 2.74. The number of carbonyl (C=O) groups excluding carboxylic acids is 1. The standard InChI is InChI=1S/C19H21FN4O2/c1-12-7-8-18(26-12)15-10-16(23-22-15)19(25)21-11-17(24(2)3)13-5-4-6-14(20)9-13/h4-10,17H,11H2,1-3H3,(H,21,25)(H,22,23). The first-order valence-corrected chi connectivity index (χ1v) is 8.26. The van der Waals surface area contributed by atoms with Gasteiger partial charge in [0.05, 0.1) is 6.04 Å². The van der Waals surface area contributed by atoms with Crippen LogP contribution in [0, 0.1) is 12.7 Å². The Morgan fingerprint density at radius 3 is 2.77 bits per heavy atom. The number of hydrogen-bond donors (Lipinski definition) is 2. The minimum Gasteiger partial charge on any atom is -0.460 e. The van der Waals surface area contributed by atoms with E-state index in [-0.39, 0.29) is 23.5 Å². The van der Waals surface area contributed by atoms with Gasteiger partial charge in [0.25, 0.3) is 5.91 Å². The molecule has 2 N–H and O–H groups in total. The lowest BCUT2D eigenvalue weighted by molar-refractivity contribution is 0.0937. The molecule has 26 heavy (non-hydrogen) atoms. The van der Waals surface area contributed by atoms with Gasteiger partial charge >= 0.3 is 0 Å². The number of likely N-dealkylation sites (N-methyl/N-ethyl adjacent to an activating group) is 1. The largest absolute Gasteiger partial charge is 0.460 e. The van der Waals surface area contributed by atoms with E-state index in [1.54, 1.807) is 12.1 Å². The van der Waals surface area contributed by atoms with Gasteiger partial charge in [-0.3, -0.25) is 9.89 Å². The minimum absolute atomic E-state index is 0.152. The normalized spacial score (nSPS) is 12.3. The lowest BCUT2D eigenvalue weighted by Crippen LogP contribution is -2.34. The molecule has 2 heterocycles. The van der Waals surface area contributed by atoms with E-state index in [4.69, 9.17) is 4.42 Å². The van der Waals surface area contributed by atoms with E-state index >= 15 is 0 Å². The maximum atomic E-state index is 13.5. The van der Waals surface area contributed by atoms with Gasteiger partial charge in [-0.05, 0) is 50.8 Å². The van der Waals surface area contributed by atoms with E-state index in [9.17, 15) is 9.18 Å². The van der Waals surface area contributed by atoms with Gasteiger partial charge < -0.3 is 14.6 Å². The quantitative estimate of drug-likeness (QED) is 0.712. The maximum absolute atomic E-state index is 13.5. The van der Waals surface area contributed by atoms with Crippen molar-refractivity contribution in [2.24, 2.45) is 0 Å². The van der Waals surface area contributed by atoms with Crippen molar-refractivity contribution in [1.82, 2.24) is 20.4 Å². The topological polar surface area (TPSA) is 74.2 Å². The zero-order valence-corrected chi connectivity index (χ0v) is 14.9. The third-order valence-electron chi connectivity index (χ3n) is 4.13. The van der Waals surface area contributed by atoms with Crippen LogP contribution in [-0.2, 0) is 0 Å². The molecule has 0 aliphatic carbocycles. The van der Waals surface area contributed by atoms with Gasteiger partial charge in [-0.1, -0.05) is 12.1 Å². The highest BCUT2D eigenvalue weighted by Gasteiger charge is 2.18. The molecule has 0 radical (unpaired) electrons. The van der Waals surface area contributed by atoms with Crippen molar-refractivity contribution in [3.63, 3.8) is 0 Å². The molecule has 0 aliphatic rings. The van der Waals surface area contributed by atoms with Crippen LogP contribution in [0.5, 0.6) is 0 Å². The first kappa shape index (κ1) is 17.9. The summed E-state index contributed by atoms with van der Waals surface area (Å²) in [4.78, 5) is 14.3. The summed E-state index contributed by atoms with van der Waals surface area (Å²) in [6.07, 6.45) is 0. The number of aromatic nitrogens is 2. The number of carbonyl (C=O) groups is 1. The van der Waals surface area contributed by atoms with E-state index in [1.807, 2.05) is 44.1 Å². The van der Waals surface area contributed by atoms with E-state index < -0.39 is 0 Å². The summed E-state index contributed by atoms with van der Waals surface area (Å²) in [5, 5.41) is 9.69. The first-order valence-electron chi connectivity index (χ1n) is 8.26. The summed E-state index contributed by atoms with van der Waals surface area (Å²) in [5.74, 6) is 0.801. The number of furan rings is 1. The molecule has 3 aromatic rings. The van der Waals surface area contributed by atoms with Crippen LogP contribution in [0.25, 0.3) is 11.5 Å². The average Bonchev–Trinajstić information content (AvgIpc) is 3.23. The van der Waals surface area contributed by atoms with Crippen molar-refractivity contribution in [2.45, 2.75) is 13.0 Å². The highest BCUT2D eigenvalue weighted by molar-refractivity contribution is 5.93. The van der Waals surface area contributed by atoms with Gasteiger partial charge in [-0.25, -0.2) is 4.39 Å². The number of amides is 1. The Labute approximate surface area is 151 Å². The van der Waals surface area contributed by atoms with Crippen molar-refractivity contribution < 1.29 is 13.6 Å². The Morgan fingerprint density at radius 1 is 1.31 bits per heavy atom. The predicted molar refractivity (Wildman–Crippen MR) is 96.2 cm³/mol. The second kappa shape index (κ2) is 7.53. The monoisotopic (exact) mass is 356 g/mol. The van der Waals surface area contributed by atoms with Gasteiger partial charge in [0, 0.05) is 12.6 Å². The van der Waals surface area contributed by atoms with E-state index in [0.29, 0.717) is 18.0 Å². The second-order valence-electron chi connectivity index (χ2n) is 6.32. The minimum atomic E-state index is -0.306. The first-order chi connectivity index (χ1) is 12.4. The van der Waals surface area contributed by atoms with Gasteiger partial charge in [-0.15, -0.1) is 0 Å². The Hall–Kier alpha value is -2.93. The molecule has 0 saturated heterocycles. The lowest BCUT2D eigenvalue weighted by atomic mass is 10.1. The lowest BCUT2D eigenvalue weighted by Gasteiger charge is -2.25. The number of rotatable bonds is 6. The number of nitrogens with zero attached hydrogens (tertiary/aromatic N) is 2. The molecule has 0 aliphatic heterocycles. The molecule has 7 heteroatoms. The molecule has 1 unspecified atom stereocenters. The Bertz CT molecular complexity index is 900. The Kier molecular flexibility index (Phi) is 5.18. The molecule has 6 nitrogen and oxygen atoms in total. The fraction of sp³-hybridized carbons (Fsp3) is 0.263. The zero-order chi connectivity index (χ0) is 18.7. The molecular weight excluding hydrogens is 335 g/mol. The van der Waals surface area contributed by atoms with Crippen LogP contribution in [0.3, 0.4) is 0 Å². The molecule has 1 atom stereocenters. The smallest absolute Gasteiger partial charge is 0.271 e. The molecule has 2 aromatic heterocycles. The van der Waals surface area contributed by atoms with Crippen LogP contribution in [0.15, 0.2) is 46.9 Å². The van der Waals surface area contributed by atoms with Crippen LogP contribution in [0.1, 0.15) is 27.9 Å². The zero-order valence-electron chi connectivity index (χ0n) is 14.9. The molecule has 136 valence electrons. The number of halogens is 1. The number of aryl methyl sites for hydroxylation is 1. The molecule has 3 rings (SSSR count). The third-order valence-corrected chi connectivity index (χ3v) is 4.13. The number of nitrogens with one attached hydrogen (secondary N) is 2. The second-order valence-corrected chi connectivity index (χ2v) is 6.32. The fourth-order valence-corrected chi connectivity index (χ4v) is 2.74. The highest BCUT2D eigenvalue weighted by Crippen LogP contribution is 2.21. The van der Waals surface area contributed by atoms with Crippen molar-refractivity contribution in [1.29, 1.82) is 0 Å². The van der Waals surface area contributed by atoms with E-state index in [1.165, 1.54) is 12.1 Å². The van der Waals surface area contributed by atoms with Gasteiger partial charge in [0.15, 0.2) is 11.5 Å². The van der Waals surface area contributed by atoms with Gasteiger partial charge in [0.1, 0.15) is 17.3 Å². The molecular formula is C19H21FN4O2. The number of aromatic amines is 1. The highest BCUT2D eigenvalue weighted by atomic mass is 19.1. The van der Waals surface area contributed by atoms with Gasteiger partial charge in [-0.2, -0.15) is 5.10 Å². The van der Waals surface area contributed by atoms with E-state index in [2.05, 4.69) is 15.5 Å². The van der Waals surface area contributed by atoms with Crippen LogP contribution in [0.2, 0.25) is 0 Å². The van der Waals surface area contributed by atoms with Crippen LogP contribution < -0.4 is 5.32 Å². The molecule has 0 fully saturated rings. The Balaban J connectivity index is 1.68. The van der Waals surface area contributed by atoms with Crippen LogP contribution in [0.4, 0.5) is 4.39 Å². The predicted octanol–water partition coefficient (Wildman–Crippen LogP) is 3.15. The number of H-pyrrole nitrogens is 1. The van der Waals surface area contributed by atoms with Crippen LogP contribution in [-0.4, -0.2) is 41.6 Å². The Morgan fingerprint density at radius 2 is 2.12 bits per heavy atom. The summed E-state index contributed by atoms with van der Waals surface area (Å²) in [6, 6.07) is 11.5.